The minimum atomic E-state index is -0.344. The average Bonchev–Trinajstić information content (AvgIpc) is 2.75. The standard InChI is InChI=1S/C10H7NO2.C6H4.H2S/c12-9-6-8(10(13)11-9)7-4-2-1-3-5-7;1-2-6-4-3-5(1)6;/h1-6H,(H,11,12,13);1-4H;1H2. The average molecular weight is 283 g/mol. The minimum absolute atomic E-state index is 0. The first-order chi connectivity index (χ1) is 9.24. The Hall–Kier alpha value is -2.33. The van der Waals surface area contributed by atoms with E-state index in [0.29, 0.717) is 5.57 Å². The van der Waals surface area contributed by atoms with Gasteiger partial charge >= 0.3 is 0 Å². The molecule has 4 heteroatoms. The molecule has 4 rings (SSSR count). The molecule has 20 heavy (non-hydrogen) atoms. The summed E-state index contributed by atoms with van der Waals surface area (Å²) in [6, 6.07) is 17.6. The number of imide groups is 1. The number of nitrogens with one attached hydrogen (secondary N) is 1. The van der Waals surface area contributed by atoms with Crippen molar-refractivity contribution < 1.29 is 9.59 Å². The molecule has 0 bridgehead atoms. The van der Waals surface area contributed by atoms with Crippen LogP contribution in [0.1, 0.15) is 5.56 Å². The predicted octanol–water partition coefficient (Wildman–Crippen LogP) is 2.51. The summed E-state index contributed by atoms with van der Waals surface area (Å²) in [5, 5.41) is 2.19. The highest BCUT2D eigenvalue weighted by atomic mass is 32.1. The number of rotatable bonds is 1. The van der Waals surface area contributed by atoms with Crippen molar-refractivity contribution in [1.82, 2.24) is 5.32 Å². The lowest BCUT2D eigenvalue weighted by Gasteiger charge is -2.10. The van der Waals surface area contributed by atoms with E-state index >= 15 is 0 Å². The van der Waals surface area contributed by atoms with Gasteiger partial charge in [-0.1, -0.05) is 54.6 Å². The van der Waals surface area contributed by atoms with E-state index in [4.69, 9.17) is 0 Å². The summed E-state index contributed by atoms with van der Waals surface area (Å²) in [5.41, 5.74) is 4.06. The van der Waals surface area contributed by atoms with E-state index in [9.17, 15) is 9.59 Å². The van der Waals surface area contributed by atoms with Crippen LogP contribution in [-0.2, 0) is 9.59 Å². The summed E-state index contributed by atoms with van der Waals surface area (Å²) in [5.74, 6) is -0.667. The number of amides is 2. The molecule has 0 spiro atoms. The molecule has 1 aliphatic heterocycles. The lowest BCUT2D eigenvalue weighted by molar-refractivity contribution is -0.123. The van der Waals surface area contributed by atoms with Gasteiger partial charge in [-0.15, -0.1) is 0 Å². The van der Waals surface area contributed by atoms with E-state index in [0.717, 1.165) is 5.56 Å². The topological polar surface area (TPSA) is 46.2 Å². The van der Waals surface area contributed by atoms with E-state index in [1.54, 1.807) is 12.1 Å². The second-order valence-electron chi connectivity index (χ2n) is 4.32. The van der Waals surface area contributed by atoms with Crippen molar-refractivity contribution in [2.75, 3.05) is 0 Å². The fraction of sp³-hybridized carbons (Fsp3) is 0. The zero-order valence-corrected chi connectivity index (χ0v) is 11.6. The Morgan fingerprint density at radius 2 is 1.25 bits per heavy atom. The summed E-state index contributed by atoms with van der Waals surface area (Å²) in [4.78, 5) is 22.0. The Bertz CT molecular complexity index is 654. The molecule has 0 saturated heterocycles. The molecule has 0 saturated carbocycles. The third kappa shape index (κ3) is 2.65. The summed E-state index contributed by atoms with van der Waals surface area (Å²) in [7, 11) is 0. The van der Waals surface area contributed by atoms with Crippen molar-refractivity contribution in [3.63, 3.8) is 0 Å². The molecule has 0 radical (unpaired) electrons. The summed E-state index contributed by atoms with van der Waals surface area (Å²) in [6.45, 7) is 0. The number of benzene rings is 2. The lowest BCUT2D eigenvalue weighted by Crippen LogP contribution is -2.21. The normalized spacial score (nSPS) is 13.5. The van der Waals surface area contributed by atoms with Crippen LogP contribution >= 0.6 is 13.5 Å². The molecular weight excluding hydrogens is 270 g/mol. The fourth-order valence-electron chi connectivity index (χ4n) is 1.91. The second-order valence-corrected chi connectivity index (χ2v) is 4.32. The van der Waals surface area contributed by atoms with Crippen molar-refractivity contribution in [2.24, 2.45) is 0 Å². The van der Waals surface area contributed by atoms with Crippen LogP contribution in [0.15, 0.2) is 60.7 Å². The van der Waals surface area contributed by atoms with Crippen LogP contribution in [0.5, 0.6) is 0 Å². The number of fused-ring (bicyclic) bond motifs is 1. The van der Waals surface area contributed by atoms with E-state index in [1.807, 2.05) is 18.2 Å². The van der Waals surface area contributed by atoms with Gasteiger partial charge in [-0.25, -0.2) is 0 Å². The van der Waals surface area contributed by atoms with Crippen molar-refractivity contribution in [1.29, 1.82) is 0 Å². The smallest absolute Gasteiger partial charge is 0.258 e. The molecule has 0 fully saturated rings. The first-order valence-corrected chi connectivity index (χ1v) is 5.97. The molecule has 3 aliphatic rings. The monoisotopic (exact) mass is 283 g/mol. The molecule has 0 aromatic heterocycles. The molecule has 3 nitrogen and oxygen atoms in total. The highest BCUT2D eigenvalue weighted by Crippen LogP contribution is 2.29. The molecule has 2 aliphatic carbocycles. The van der Waals surface area contributed by atoms with Gasteiger partial charge in [0.25, 0.3) is 11.8 Å². The van der Waals surface area contributed by atoms with Crippen LogP contribution in [0.2, 0.25) is 0 Å². The van der Waals surface area contributed by atoms with Gasteiger partial charge in [0.1, 0.15) is 0 Å². The summed E-state index contributed by atoms with van der Waals surface area (Å²) < 4.78 is 0. The van der Waals surface area contributed by atoms with Crippen LogP contribution in [0, 0.1) is 0 Å². The van der Waals surface area contributed by atoms with Crippen LogP contribution < -0.4 is 5.32 Å². The fourth-order valence-corrected chi connectivity index (χ4v) is 1.91. The molecule has 1 N–H and O–H groups in total. The first-order valence-electron chi connectivity index (χ1n) is 5.97. The molecule has 1 aromatic carbocycles. The van der Waals surface area contributed by atoms with Gasteiger partial charge in [-0.05, 0) is 16.7 Å². The molecule has 1 heterocycles. The van der Waals surface area contributed by atoms with Crippen LogP contribution in [0.4, 0.5) is 0 Å². The molecule has 0 unspecified atom stereocenters. The second kappa shape index (κ2) is 5.75. The Labute approximate surface area is 123 Å². The third-order valence-corrected chi connectivity index (χ3v) is 3.06. The molecule has 2 amide bonds. The highest BCUT2D eigenvalue weighted by molar-refractivity contribution is 7.59. The van der Waals surface area contributed by atoms with Gasteiger partial charge in [-0.2, -0.15) is 13.5 Å². The maximum Gasteiger partial charge on any atom is 0.258 e. The van der Waals surface area contributed by atoms with Crippen molar-refractivity contribution in [3.8, 4) is 11.1 Å². The number of carbonyl (C=O) groups is 2. The predicted molar refractivity (Wildman–Crippen MR) is 83.4 cm³/mol. The zero-order chi connectivity index (χ0) is 13.2. The lowest BCUT2D eigenvalue weighted by atomic mass is 9.95. The Balaban J connectivity index is 0.000000175. The van der Waals surface area contributed by atoms with E-state index in [-0.39, 0.29) is 25.3 Å². The largest absolute Gasteiger partial charge is 0.289 e. The SMILES string of the molecule is O=C1C=C(c2ccccc2)C(=O)N1.S.c1cc2ccc1-2. The maximum atomic E-state index is 11.2. The highest BCUT2D eigenvalue weighted by Gasteiger charge is 2.21. The molecular formula is C16H13NO2S. The Kier molecular flexibility index (Phi) is 4.05. The van der Waals surface area contributed by atoms with Crippen LogP contribution in [0.25, 0.3) is 16.7 Å². The number of hydrogen-bond donors (Lipinski definition) is 1. The van der Waals surface area contributed by atoms with Gasteiger partial charge in [0.2, 0.25) is 0 Å². The molecule has 1 aromatic rings. The first kappa shape index (κ1) is 14.1. The maximum absolute atomic E-state index is 11.2. The van der Waals surface area contributed by atoms with Crippen molar-refractivity contribution in [3.05, 3.63) is 66.2 Å². The van der Waals surface area contributed by atoms with Gasteiger partial charge in [0, 0.05) is 6.08 Å². The molecule has 0 atom stereocenters. The zero-order valence-electron chi connectivity index (χ0n) is 10.6. The van der Waals surface area contributed by atoms with Crippen molar-refractivity contribution >= 4 is 30.9 Å². The summed E-state index contributed by atoms with van der Waals surface area (Å²) >= 11 is 0. The third-order valence-electron chi connectivity index (χ3n) is 3.06. The number of carbonyl (C=O) groups excluding carboxylic acids is 2. The van der Waals surface area contributed by atoms with Gasteiger partial charge in [0.05, 0.1) is 5.57 Å². The van der Waals surface area contributed by atoms with Gasteiger partial charge < -0.3 is 0 Å². The summed E-state index contributed by atoms with van der Waals surface area (Å²) in [6.07, 6.45) is 1.32. The van der Waals surface area contributed by atoms with Crippen LogP contribution in [-0.4, -0.2) is 11.8 Å². The van der Waals surface area contributed by atoms with Gasteiger partial charge in [0.15, 0.2) is 0 Å². The van der Waals surface area contributed by atoms with Crippen LogP contribution in [0.3, 0.4) is 0 Å². The van der Waals surface area contributed by atoms with Gasteiger partial charge in [-0.3, -0.25) is 14.9 Å². The van der Waals surface area contributed by atoms with E-state index in [1.165, 1.54) is 17.2 Å². The quantitative estimate of drug-likeness (QED) is 0.697. The van der Waals surface area contributed by atoms with Crippen molar-refractivity contribution in [2.45, 2.75) is 0 Å². The van der Waals surface area contributed by atoms with E-state index in [2.05, 4.69) is 29.6 Å². The Morgan fingerprint density at radius 3 is 1.60 bits per heavy atom. The molecule has 100 valence electrons. The van der Waals surface area contributed by atoms with E-state index < -0.39 is 0 Å². The Morgan fingerprint density at radius 1 is 0.700 bits per heavy atom. The minimum Gasteiger partial charge on any atom is -0.289 e. The number of hydrogen-bond acceptors (Lipinski definition) is 2.